The Bertz CT molecular complexity index is 616. The highest BCUT2D eigenvalue weighted by Crippen LogP contribution is 2.20. The van der Waals surface area contributed by atoms with Crippen molar-refractivity contribution in [2.45, 2.75) is 20.5 Å². The molecule has 22 heavy (non-hydrogen) atoms. The van der Waals surface area contributed by atoms with E-state index in [0.717, 1.165) is 11.3 Å². The second-order valence-electron chi connectivity index (χ2n) is 5.18. The zero-order valence-electron chi connectivity index (χ0n) is 13.1. The van der Waals surface area contributed by atoms with Crippen LogP contribution < -0.4 is 10.1 Å². The van der Waals surface area contributed by atoms with Crippen molar-refractivity contribution >= 4 is 17.2 Å². The van der Waals surface area contributed by atoms with Crippen molar-refractivity contribution in [2.24, 2.45) is 0 Å². The molecule has 1 N–H and O–H groups in total. The number of hydrogen-bond acceptors (Lipinski definition) is 4. The topological polar surface area (TPSA) is 47.6 Å². The Morgan fingerprint density at radius 2 is 1.91 bits per heavy atom. The normalized spacial score (nSPS) is 10.5. The molecule has 0 aliphatic carbocycles. The van der Waals surface area contributed by atoms with E-state index in [2.05, 4.69) is 11.4 Å². The van der Waals surface area contributed by atoms with Crippen LogP contribution in [0.25, 0.3) is 0 Å². The third-order valence-electron chi connectivity index (χ3n) is 3.07. The lowest BCUT2D eigenvalue weighted by Gasteiger charge is -2.07. The number of benzene rings is 1. The van der Waals surface area contributed by atoms with Crippen molar-refractivity contribution in [1.29, 1.82) is 0 Å². The van der Waals surface area contributed by atoms with Gasteiger partial charge in [0.2, 0.25) is 0 Å². The molecular weight excluding hydrogens is 298 g/mol. The summed E-state index contributed by atoms with van der Waals surface area (Å²) in [5, 5.41) is 4.76. The number of methoxy groups -OCH3 is 1. The molecule has 2 rings (SSSR count). The van der Waals surface area contributed by atoms with Crippen LogP contribution in [-0.4, -0.2) is 26.2 Å². The van der Waals surface area contributed by atoms with Crippen LogP contribution in [0.1, 0.15) is 26.4 Å². The van der Waals surface area contributed by atoms with Gasteiger partial charge in [0, 0.05) is 19.2 Å². The van der Waals surface area contributed by atoms with Crippen molar-refractivity contribution in [3.8, 4) is 5.75 Å². The molecule has 0 spiro atoms. The molecule has 118 valence electrons. The van der Waals surface area contributed by atoms with E-state index < -0.39 is 0 Å². The van der Waals surface area contributed by atoms with Crippen LogP contribution in [0.4, 0.5) is 0 Å². The summed E-state index contributed by atoms with van der Waals surface area (Å²) in [6, 6.07) is 8.00. The van der Waals surface area contributed by atoms with E-state index in [1.165, 1.54) is 22.5 Å². The van der Waals surface area contributed by atoms with Gasteiger partial charge in [0.1, 0.15) is 12.4 Å². The summed E-state index contributed by atoms with van der Waals surface area (Å²) in [6.07, 6.45) is 0. The van der Waals surface area contributed by atoms with Crippen LogP contribution in [0.5, 0.6) is 5.75 Å². The monoisotopic (exact) mass is 319 g/mol. The maximum atomic E-state index is 11.9. The first-order valence-electron chi connectivity index (χ1n) is 7.14. The molecule has 0 saturated heterocycles. The molecule has 4 nitrogen and oxygen atoms in total. The lowest BCUT2D eigenvalue weighted by Crippen LogP contribution is -2.26. The summed E-state index contributed by atoms with van der Waals surface area (Å²) in [5.74, 6) is 0.787. The summed E-state index contributed by atoms with van der Waals surface area (Å²) in [4.78, 5) is 12.6. The first-order valence-corrected chi connectivity index (χ1v) is 8.02. The highest BCUT2D eigenvalue weighted by molar-refractivity contribution is 7.12. The van der Waals surface area contributed by atoms with E-state index in [9.17, 15) is 4.79 Å². The number of nitrogens with one attached hydrogen (secondary N) is 1. The Kier molecular flexibility index (Phi) is 5.98. The molecule has 0 saturated carbocycles. The Balaban J connectivity index is 1.90. The molecular formula is C17H21NO3S. The second-order valence-corrected chi connectivity index (χ2v) is 6.09. The van der Waals surface area contributed by atoms with Crippen molar-refractivity contribution in [3.63, 3.8) is 0 Å². The molecule has 1 aromatic heterocycles. The number of ether oxygens (including phenoxy) is 2. The molecule has 0 fully saturated rings. The minimum atomic E-state index is -0.0697. The van der Waals surface area contributed by atoms with Crippen LogP contribution in [0.2, 0.25) is 0 Å². The number of aryl methyl sites for hydroxylation is 2. The van der Waals surface area contributed by atoms with Gasteiger partial charge >= 0.3 is 0 Å². The van der Waals surface area contributed by atoms with Gasteiger partial charge in [-0.3, -0.25) is 4.79 Å². The Morgan fingerprint density at radius 1 is 1.18 bits per heavy atom. The fourth-order valence-corrected chi connectivity index (χ4v) is 2.92. The van der Waals surface area contributed by atoms with Crippen LogP contribution in [-0.2, 0) is 11.3 Å². The van der Waals surface area contributed by atoms with Crippen molar-refractivity contribution < 1.29 is 14.3 Å². The largest absolute Gasteiger partial charge is 0.489 e. The van der Waals surface area contributed by atoms with E-state index in [-0.39, 0.29) is 5.91 Å². The number of carbonyl (C=O) groups excluding carboxylic acids is 1. The van der Waals surface area contributed by atoms with Gasteiger partial charge < -0.3 is 14.8 Å². The third kappa shape index (κ3) is 4.86. The third-order valence-corrected chi connectivity index (χ3v) is 4.05. The summed E-state index contributed by atoms with van der Waals surface area (Å²) in [5.41, 5.74) is 3.36. The van der Waals surface area contributed by atoms with Gasteiger partial charge in [-0.2, -0.15) is 0 Å². The maximum absolute atomic E-state index is 11.9. The van der Waals surface area contributed by atoms with Crippen molar-refractivity contribution in [1.82, 2.24) is 5.32 Å². The smallest absolute Gasteiger partial charge is 0.261 e. The fourth-order valence-electron chi connectivity index (χ4n) is 2.11. The quantitative estimate of drug-likeness (QED) is 0.796. The summed E-state index contributed by atoms with van der Waals surface area (Å²) in [7, 11) is 1.61. The molecule has 1 heterocycles. The molecule has 5 heteroatoms. The highest BCUT2D eigenvalue weighted by atomic mass is 32.1. The second kappa shape index (κ2) is 7.96. The Morgan fingerprint density at radius 3 is 2.59 bits per heavy atom. The number of rotatable bonds is 7. The zero-order valence-corrected chi connectivity index (χ0v) is 14.0. The summed E-state index contributed by atoms with van der Waals surface area (Å²) < 4.78 is 10.7. The Hall–Kier alpha value is -1.85. The van der Waals surface area contributed by atoms with Gasteiger partial charge in [0.15, 0.2) is 0 Å². The fraction of sp³-hybridized carbons (Fsp3) is 0.353. The molecule has 2 aromatic rings. The van der Waals surface area contributed by atoms with Gasteiger partial charge in [-0.15, -0.1) is 11.3 Å². The van der Waals surface area contributed by atoms with Crippen LogP contribution in [0, 0.1) is 13.8 Å². The molecule has 1 amide bonds. The van der Waals surface area contributed by atoms with E-state index in [1.807, 2.05) is 37.4 Å². The number of thiophene rings is 1. The molecule has 0 unspecified atom stereocenters. The van der Waals surface area contributed by atoms with E-state index >= 15 is 0 Å². The highest BCUT2D eigenvalue weighted by Gasteiger charge is 2.09. The van der Waals surface area contributed by atoms with E-state index in [4.69, 9.17) is 9.47 Å². The minimum absolute atomic E-state index is 0.0697. The lowest BCUT2D eigenvalue weighted by atomic mass is 10.1. The number of hydrogen-bond donors (Lipinski definition) is 1. The molecule has 0 atom stereocenters. The van der Waals surface area contributed by atoms with E-state index in [1.54, 1.807) is 7.11 Å². The van der Waals surface area contributed by atoms with Gasteiger partial charge in [0.25, 0.3) is 5.91 Å². The predicted octanol–water partition coefficient (Wildman–Crippen LogP) is 3.32. The predicted molar refractivity (Wildman–Crippen MR) is 88.8 cm³/mol. The zero-order chi connectivity index (χ0) is 15.9. The first kappa shape index (κ1) is 16.5. The standard InChI is InChI=1S/C17H21NO3S/c1-12-6-13(2)8-15(7-12)21-10-14-9-16(22-11-14)17(19)18-4-5-20-3/h6-9,11H,4-5,10H2,1-3H3,(H,18,19). The van der Waals surface area contributed by atoms with Crippen LogP contribution in [0.15, 0.2) is 29.6 Å². The van der Waals surface area contributed by atoms with E-state index in [0.29, 0.717) is 24.6 Å². The molecule has 1 aromatic carbocycles. The lowest BCUT2D eigenvalue weighted by molar-refractivity contribution is 0.0941. The Labute approximate surface area is 135 Å². The van der Waals surface area contributed by atoms with Crippen molar-refractivity contribution in [2.75, 3.05) is 20.3 Å². The number of carbonyl (C=O) groups is 1. The van der Waals surface area contributed by atoms with Crippen LogP contribution in [0.3, 0.4) is 0 Å². The van der Waals surface area contributed by atoms with Gasteiger partial charge in [0.05, 0.1) is 11.5 Å². The van der Waals surface area contributed by atoms with Gasteiger partial charge in [-0.1, -0.05) is 6.07 Å². The molecule has 0 radical (unpaired) electrons. The van der Waals surface area contributed by atoms with Gasteiger partial charge in [-0.05, 0) is 48.6 Å². The van der Waals surface area contributed by atoms with Gasteiger partial charge in [-0.25, -0.2) is 0 Å². The SMILES string of the molecule is COCCNC(=O)c1cc(COc2cc(C)cc(C)c2)cs1. The molecule has 0 bridgehead atoms. The summed E-state index contributed by atoms with van der Waals surface area (Å²) >= 11 is 1.42. The van der Waals surface area contributed by atoms with Crippen LogP contribution >= 0.6 is 11.3 Å². The average Bonchev–Trinajstić information content (AvgIpc) is 2.93. The minimum Gasteiger partial charge on any atom is -0.489 e. The first-order chi connectivity index (χ1) is 10.6. The number of amides is 1. The molecule has 0 aliphatic rings. The van der Waals surface area contributed by atoms with Crippen molar-refractivity contribution in [3.05, 3.63) is 51.2 Å². The molecule has 0 aliphatic heterocycles. The average molecular weight is 319 g/mol. The summed E-state index contributed by atoms with van der Waals surface area (Å²) in [6.45, 7) is 5.59. The maximum Gasteiger partial charge on any atom is 0.261 e.